The standard InChI is InChI=1S/C27H27N5O4/c33-23(12-7-2-1-4-9-20-10-5-3-6-11-20)25(34)30-19-24-31-32-26(36-24)21-13-15-22(16-14-21)35-27-28-17-8-18-29-27/h3,5-6,8,10-11,13-18H,1-2,4,7,9,12,19H2,(H,30,34). The van der Waals surface area contributed by atoms with Crippen molar-refractivity contribution in [1.82, 2.24) is 25.5 Å². The Balaban J connectivity index is 1.15. The summed E-state index contributed by atoms with van der Waals surface area (Å²) >= 11 is 0. The first-order chi connectivity index (χ1) is 17.7. The number of aryl methyl sites for hydroxylation is 1. The number of ether oxygens (including phenoxy) is 1. The molecule has 2 aromatic carbocycles. The highest BCUT2D eigenvalue weighted by molar-refractivity contribution is 6.36. The molecule has 0 saturated carbocycles. The Labute approximate surface area is 209 Å². The number of nitrogens with zero attached hydrogens (tertiary/aromatic N) is 4. The van der Waals surface area contributed by atoms with Crippen LogP contribution in [-0.4, -0.2) is 31.9 Å². The van der Waals surface area contributed by atoms with E-state index >= 15 is 0 Å². The van der Waals surface area contributed by atoms with Crippen molar-refractivity contribution >= 4 is 11.7 Å². The summed E-state index contributed by atoms with van der Waals surface area (Å²) in [5.41, 5.74) is 2.01. The van der Waals surface area contributed by atoms with E-state index in [4.69, 9.17) is 9.15 Å². The molecule has 0 bridgehead atoms. The Bertz CT molecular complexity index is 1240. The first kappa shape index (κ1) is 24.7. The second kappa shape index (κ2) is 12.9. The number of aromatic nitrogens is 4. The quantitative estimate of drug-likeness (QED) is 0.214. The Kier molecular flexibility index (Phi) is 8.85. The van der Waals surface area contributed by atoms with E-state index < -0.39 is 11.7 Å². The van der Waals surface area contributed by atoms with E-state index in [-0.39, 0.29) is 24.9 Å². The predicted octanol–water partition coefficient (Wildman–Crippen LogP) is 4.70. The summed E-state index contributed by atoms with van der Waals surface area (Å²) in [7, 11) is 0. The van der Waals surface area contributed by atoms with Crippen molar-refractivity contribution in [3.8, 4) is 23.2 Å². The molecule has 0 aliphatic rings. The number of carbonyl (C=O) groups excluding carboxylic acids is 2. The van der Waals surface area contributed by atoms with Gasteiger partial charge in [0.1, 0.15) is 5.75 Å². The van der Waals surface area contributed by atoms with E-state index in [1.165, 1.54) is 5.56 Å². The number of rotatable bonds is 13. The lowest BCUT2D eigenvalue weighted by molar-refractivity contribution is -0.138. The number of carbonyl (C=O) groups is 2. The maximum Gasteiger partial charge on any atom is 0.321 e. The van der Waals surface area contributed by atoms with Crippen LogP contribution in [0.25, 0.3) is 11.5 Å². The Morgan fingerprint density at radius 3 is 2.36 bits per heavy atom. The van der Waals surface area contributed by atoms with Gasteiger partial charge in [-0.15, -0.1) is 10.2 Å². The normalized spacial score (nSPS) is 10.7. The lowest BCUT2D eigenvalue weighted by atomic mass is 10.0. The summed E-state index contributed by atoms with van der Waals surface area (Å²) in [4.78, 5) is 32.2. The first-order valence-corrected chi connectivity index (χ1v) is 11.9. The highest BCUT2D eigenvalue weighted by Crippen LogP contribution is 2.23. The minimum Gasteiger partial charge on any atom is -0.424 e. The molecule has 2 aromatic heterocycles. The second-order valence-corrected chi connectivity index (χ2v) is 8.16. The van der Waals surface area contributed by atoms with Crippen LogP contribution in [0.1, 0.15) is 43.6 Å². The van der Waals surface area contributed by atoms with Crippen LogP contribution in [0.2, 0.25) is 0 Å². The molecule has 0 saturated heterocycles. The third-order valence-electron chi connectivity index (χ3n) is 5.43. The molecule has 36 heavy (non-hydrogen) atoms. The van der Waals surface area contributed by atoms with E-state index in [0.29, 0.717) is 23.6 Å². The third-order valence-corrected chi connectivity index (χ3v) is 5.43. The lowest BCUT2D eigenvalue weighted by Crippen LogP contribution is -2.30. The Morgan fingerprint density at radius 1 is 0.833 bits per heavy atom. The van der Waals surface area contributed by atoms with E-state index in [1.54, 1.807) is 42.7 Å². The molecule has 9 nitrogen and oxygen atoms in total. The number of hydrogen-bond donors (Lipinski definition) is 1. The summed E-state index contributed by atoms with van der Waals surface area (Å²) in [5, 5.41) is 10.5. The van der Waals surface area contributed by atoms with Gasteiger partial charge in [-0.1, -0.05) is 43.2 Å². The second-order valence-electron chi connectivity index (χ2n) is 8.16. The summed E-state index contributed by atoms with van der Waals surface area (Å²) in [5.74, 6) is -0.000210. The van der Waals surface area contributed by atoms with Crippen LogP contribution in [-0.2, 0) is 22.6 Å². The molecule has 2 heterocycles. The van der Waals surface area contributed by atoms with Crippen LogP contribution in [0.4, 0.5) is 0 Å². The fourth-order valence-electron chi connectivity index (χ4n) is 3.53. The molecule has 0 spiro atoms. The molecule has 0 aliphatic heterocycles. The van der Waals surface area contributed by atoms with Gasteiger partial charge in [-0.3, -0.25) is 9.59 Å². The molecular formula is C27H27N5O4. The van der Waals surface area contributed by atoms with Crippen molar-refractivity contribution in [3.05, 3.63) is 84.5 Å². The smallest absolute Gasteiger partial charge is 0.321 e. The number of Topliss-reactive ketones (excluding diaryl/α,β-unsaturated/α-hetero) is 1. The van der Waals surface area contributed by atoms with E-state index in [9.17, 15) is 9.59 Å². The Morgan fingerprint density at radius 2 is 1.58 bits per heavy atom. The van der Waals surface area contributed by atoms with E-state index in [2.05, 4.69) is 37.6 Å². The molecule has 9 heteroatoms. The van der Waals surface area contributed by atoms with Crippen molar-refractivity contribution in [2.45, 2.75) is 45.1 Å². The lowest BCUT2D eigenvalue weighted by Gasteiger charge is -2.03. The molecule has 1 N–H and O–H groups in total. The molecule has 4 rings (SSSR count). The number of nitrogens with one attached hydrogen (secondary N) is 1. The molecule has 0 aliphatic carbocycles. The van der Waals surface area contributed by atoms with Crippen molar-refractivity contribution in [3.63, 3.8) is 0 Å². The predicted molar refractivity (Wildman–Crippen MR) is 132 cm³/mol. The number of unbranched alkanes of at least 4 members (excludes halogenated alkanes) is 3. The van der Waals surface area contributed by atoms with Crippen LogP contribution in [0, 0.1) is 0 Å². The maximum absolute atomic E-state index is 12.1. The van der Waals surface area contributed by atoms with Crippen LogP contribution in [0.5, 0.6) is 11.8 Å². The van der Waals surface area contributed by atoms with Gasteiger partial charge in [0.2, 0.25) is 17.6 Å². The zero-order chi connectivity index (χ0) is 25.0. The molecule has 0 unspecified atom stereocenters. The molecule has 4 aromatic rings. The summed E-state index contributed by atoms with van der Waals surface area (Å²) in [6.07, 6.45) is 8.16. The number of hydrogen-bond acceptors (Lipinski definition) is 8. The number of ketones is 1. The molecule has 0 atom stereocenters. The Hall–Kier alpha value is -4.40. The topological polar surface area (TPSA) is 120 Å². The van der Waals surface area contributed by atoms with Gasteiger partial charge in [0.15, 0.2) is 0 Å². The monoisotopic (exact) mass is 485 g/mol. The minimum absolute atomic E-state index is 0.0127. The van der Waals surface area contributed by atoms with Gasteiger partial charge in [0.05, 0.1) is 6.54 Å². The van der Waals surface area contributed by atoms with Crippen molar-refractivity contribution in [1.29, 1.82) is 0 Å². The van der Waals surface area contributed by atoms with Crippen LogP contribution in [0.15, 0.2) is 77.5 Å². The maximum atomic E-state index is 12.1. The van der Waals surface area contributed by atoms with Gasteiger partial charge in [0.25, 0.3) is 5.91 Å². The van der Waals surface area contributed by atoms with Crippen molar-refractivity contribution in [2.24, 2.45) is 0 Å². The van der Waals surface area contributed by atoms with Crippen LogP contribution < -0.4 is 10.1 Å². The average molecular weight is 486 g/mol. The summed E-state index contributed by atoms with van der Waals surface area (Å²) in [6.45, 7) is -0.0127. The van der Waals surface area contributed by atoms with Gasteiger partial charge >= 0.3 is 6.01 Å². The van der Waals surface area contributed by atoms with Gasteiger partial charge in [-0.2, -0.15) is 0 Å². The average Bonchev–Trinajstić information content (AvgIpc) is 3.40. The van der Waals surface area contributed by atoms with Gasteiger partial charge in [-0.05, 0) is 55.2 Å². The fourth-order valence-corrected chi connectivity index (χ4v) is 3.53. The van der Waals surface area contributed by atoms with Crippen molar-refractivity contribution < 1.29 is 18.7 Å². The summed E-state index contributed by atoms with van der Waals surface area (Å²) in [6, 6.07) is 19.3. The third kappa shape index (κ3) is 7.56. The van der Waals surface area contributed by atoms with Gasteiger partial charge in [-0.25, -0.2) is 9.97 Å². The molecular weight excluding hydrogens is 458 g/mol. The minimum atomic E-state index is -0.635. The molecule has 1 amide bonds. The van der Waals surface area contributed by atoms with Gasteiger partial charge < -0.3 is 14.5 Å². The SMILES string of the molecule is O=C(CCCCCCc1ccccc1)C(=O)NCc1nnc(-c2ccc(Oc3ncccn3)cc2)o1. The number of benzene rings is 2. The zero-order valence-electron chi connectivity index (χ0n) is 19.8. The van der Waals surface area contributed by atoms with Gasteiger partial charge in [0, 0.05) is 24.4 Å². The van der Waals surface area contributed by atoms with E-state index in [1.807, 2.05) is 18.2 Å². The van der Waals surface area contributed by atoms with Crippen LogP contribution in [0.3, 0.4) is 0 Å². The van der Waals surface area contributed by atoms with Crippen molar-refractivity contribution in [2.75, 3.05) is 0 Å². The largest absolute Gasteiger partial charge is 0.424 e. The summed E-state index contributed by atoms with van der Waals surface area (Å²) < 4.78 is 11.2. The zero-order valence-corrected chi connectivity index (χ0v) is 19.8. The molecule has 184 valence electrons. The highest BCUT2D eigenvalue weighted by Gasteiger charge is 2.15. The fraction of sp³-hybridized carbons (Fsp3) is 0.259. The van der Waals surface area contributed by atoms with E-state index in [0.717, 1.165) is 25.7 Å². The highest BCUT2D eigenvalue weighted by atomic mass is 16.5. The van der Waals surface area contributed by atoms with Crippen LogP contribution >= 0.6 is 0 Å². The first-order valence-electron chi connectivity index (χ1n) is 11.9. The number of amides is 1. The molecule has 0 radical (unpaired) electrons. The molecule has 0 fully saturated rings.